The largest absolute Gasteiger partial charge is 0.434 e. The van der Waals surface area contributed by atoms with E-state index in [-0.39, 0.29) is 0 Å². The van der Waals surface area contributed by atoms with Crippen LogP contribution in [0.4, 0.5) is 0 Å². The average molecular weight is 152 g/mol. The van der Waals surface area contributed by atoms with E-state index in [4.69, 9.17) is 4.89 Å². The summed E-state index contributed by atoms with van der Waals surface area (Å²) in [6.07, 6.45) is 1.09. The molecule has 0 aromatic carbocycles. The van der Waals surface area contributed by atoms with Crippen LogP contribution in [0.3, 0.4) is 0 Å². The molecule has 9 heavy (non-hydrogen) atoms. The molecular formula is C4H9O4P. The van der Waals surface area contributed by atoms with E-state index in [9.17, 15) is 0 Å². The zero-order valence-corrected chi connectivity index (χ0v) is 6.01. The Morgan fingerprint density at radius 2 is 2.44 bits per heavy atom. The van der Waals surface area contributed by atoms with Gasteiger partial charge in [-0.1, -0.05) is 6.58 Å². The first kappa shape index (κ1) is 8.85. The van der Waals surface area contributed by atoms with Crippen LogP contribution < -0.4 is 0 Å². The van der Waals surface area contributed by atoms with Crippen molar-refractivity contribution in [2.24, 2.45) is 0 Å². The summed E-state index contributed by atoms with van der Waals surface area (Å²) in [7, 11) is -1.93. The third kappa shape index (κ3) is 5.73. The highest BCUT2D eigenvalue weighted by atomic mass is 31.2. The highest BCUT2D eigenvalue weighted by Crippen LogP contribution is 2.32. The first-order valence-electron chi connectivity index (χ1n) is 2.37. The Labute approximate surface area is 55.0 Å². The van der Waals surface area contributed by atoms with Gasteiger partial charge in [-0.3, -0.25) is 0 Å². The maximum Gasteiger partial charge on any atom is 0.423 e. The molecule has 54 valence electrons. The van der Waals surface area contributed by atoms with Crippen LogP contribution in [0.5, 0.6) is 0 Å². The predicted octanol–water partition coefficient (Wildman–Crippen LogP) is 1.33. The van der Waals surface area contributed by atoms with E-state index in [0.29, 0.717) is 6.61 Å². The topological polar surface area (TPSA) is 47.9 Å². The minimum Gasteiger partial charge on any atom is -0.434 e. The van der Waals surface area contributed by atoms with E-state index >= 15 is 0 Å². The third-order valence-electron chi connectivity index (χ3n) is 0.399. The Morgan fingerprint density at radius 1 is 1.78 bits per heavy atom. The van der Waals surface area contributed by atoms with Gasteiger partial charge in [0.2, 0.25) is 0 Å². The molecule has 0 rings (SSSR count). The maximum absolute atomic E-state index is 8.60. The van der Waals surface area contributed by atoms with Crippen molar-refractivity contribution in [3.05, 3.63) is 12.8 Å². The second-order valence-corrected chi connectivity index (χ2v) is 1.83. The summed E-state index contributed by atoms with van der Waals surface area (Å²) in [6.45, 7) is 5.32. The summed E-state index contributed by atoms with van der Waals surface area (Å²) in [5.74, 6) is 0. The molecule has 0 aliphatic carbocycles. The lowest BCUT2D eigenvalue weighted by molar-refractivity contribution is -0.208. The standard InChI is InChI=1S/C4H9O4P/c1-3-6-8-9(5)7-4-2/h4-5H,2-3H2,1H3. The molecule has 0 aliphatic rings. The van der Waals surface area contributed by atoms with Crippen molar-refractivity contribution < 1.29 is 19.0 Å². The normalized spacial score (nSPS) is 12.7. The van der Waals surface area contributed by atoms with Crippen molar-refractivity contribution in [1.82, 2.24) is 0 Å². The van der Waals surface area contributed by atoms with Gasteiger partial charge < -0.3 is 9.42 Å². The zero-order valence-electron chi connectivity index (χ0n) is 5.11. The van der Waals surface area contributed by atoms with Crippen molar-refractivity contribution >= 4 is 8.60 Å². The number of hydrogen-bond acceptors (Lipinski definition) is 4. The smallest absolute Gasteiger partial charge is 0.423 e. The molecule has 1 atom stereocenters. The summed E-state index contributed by atoms with van der Waals surface area (Å²) in [4.78, 5) is 13.0. The van der Waals surface area contributed by atoms with E-state index in [2.05, 4.69) is 20.7 Å². The molecule has 0 heterocycles. The second-order valence-electron chi connectivity index (χ2n) is 0.991. The molecule has 0 aromatic heterocycles. The van der Waals surface area contributed by atoms with Gasteiger partial charge in [0.1, 0.15) is 0 Å². The Hall–Kier alpha value is -0.150. The molecule has 0 saturated heterocycles. The summed E-state index contributed by atoms with van der Waals surface area (Å²) in [5.41, 5.74) is 0. The molecule has 1 N–H and O–H groups in total. The van der Waals surface area contributed by atoms with Gasteiger partial charge in [0.25, 0.3) is 0 Å². The molecule has 0 bridgehead atoms. The van der Waals surface area contributed by atoms with Crippen LogP contribution in [0.1, 0.15) is 6.92 Å². The number of hydrogen-bond donors (Lipinski definition) is 1. The van der Waals surface area contributed by atoms with Crippen LogP contribution in [0.2, 0.25) is 0 Å². The SMILES string of the molecule is C=COP(O)OOCC. The lowest BCUT2D eigenvalue weighted by Gasteiger charge is -2.04. The van der Waals surface area contributed by atoms with Gasteiger partial charge in [0.05, 0.1) is 12.9 Å². The molecule has 1 unspecified atom stereocenters. The zero-order chi connectivity index (χ0) is 7.11. The summed E-state index contributed by atoms with van der Waals surface area (Å²) in [5, 5.41) is 0. The van der Waals surface area contributed by atoms with E-state index < -0.39 is 8.60 Å². The molecule has 0 radical (unpaired) electrons. The fourth-order valence-electron chi connectivity index (χ4n) is 0.179. The van der Waals surface area contributed by atoms with Crippen molar-refractivity contribution in [2.75, 3.05) is 6.61 Å². The Morgan fingerprint density at radius 3 is 2.89 bits per heavy atom. The fourth-order valence-corrected chi connectivity index (χ4v) is 0.537. The molecule has 0 saturated carbocycles. The van der Waals surface area contributed by atoms with Crippen LogP contribution in [-0.4, -0.2) is 11.5 Å². The second kappa shape index (κ2) is 5.98. The third-order valence-corrected chi connectivity index (χ3v) is 0.961. The lowest BCUT2D eigenvalue weighted by Crippen LogP contribution is -1.88. The van der Waals surface area contributed by atoms with E-state index in [1.165, 1.54) is 0 Å². The van der Waals surface area contributed by atoms with E-state index in [0.717, 1.165) is 6.26 Å². The van der Waals surface area contributed by atoms with Crippen molar-refractivity contribution in [2.45, 2.75) is 6.92 Å². The minimum atomic E-state index is -1.93. The number of rotatable bonds is 5. The van der Waals surface area contributed by atoms with Crippen LogP contribution in [0.15, 0.2) is 12.8 Å². The Bertz CT molecular complexity index is 77.0. The molecule has 0 aliphatic heterocycles. The molecule has 4 nitrogen and oxygen atoms in total. The van der Waals surface area contributed by atoms with Gasteiger partial charge in [-0.05, 0) is 6.92 Å². The van der Waals surface area contributed by atoms with Gasteiger partial charge in [-0.15, -0.1) is 4.67 Å². The van der Waals surface area contributed by atoms with Crippen LogP contribution >= 0.6 is 8.60 Å². The van der Waals surface area contributed by atoms with Crippen molar-refractivity contribution in [1.29, 1.82) is 0 Å². The Balaban J connectivity index is 3.04. The van der Waals surface area contributed by atoms with E-state index in [1.54, 1.807) is 6.92 Å². The van der Waals surface area contributed by atoms with Gasteiger partial charge in [0, 0.05) is 0 Å². The quantitative estimate of drug-likeness (QED) is 0.279. The minimum absolute atomic E-state index is 0.375. The highest BCUT2D eigenvalue weighted by Gasteiger charge is 2.03. The van der Waals surface area contributed by atoms with Crippen molar-refractivity contribution in [3.8, 4) is 0 Å². The fraction of sp³-hybridized carbons (Fsp3) is 0.500. The van der Waals surface area contributed by atoms with Gasteiger partial charge in [-0.25, -0.2) is 4.89 Å². The highest BCUT2D eigenvalue weighted by molar-refractivity contribution is 7.40. The van der Waals surface area contributed by atoms with Crippen LogP contribution in [0.25, 0.3) is 0 Å². The van der Waals surface area contributed by atoms with Gasteiger partial charge in [0.15, 0.2) is 0 Å². The monoisotopic (exact) mass is 152 g/mol. The average Bonchev–Trinajstić information content (AvgIpc) is 1.85. The molecular weight excluding hydrogens is 143 g/mol. The first-order valence-corrected chi connectivity index (χ1v) is 3.50. The van der Waals surface area contributed by atoms with Gasteiger partial charge in [-0.2, -0.15) is 0 Å². The van der Waals surface area contributed by atoms with Crippen LogP contribution in [0, 0.1) is 0 Å². The van der Waals surface area contributed by atoms with Crippen molar-refractivity contribution in [3.63, 3.8) is 0 Å². The molecule has 0 aromatic rings. The lowest BCUT2D eigenvalue weighted by atomic mass is 10.9. The maximum atomic E-state index is 8.60. The molecule has 0 fully saturated rings. The molecule has 5 heteroatoms. The molecule has 0 spiro atoms. The summed E-state index contributed by atoms with van der Waals surface area (Å²) >= 11 is 0. The summed E-state index contributed by atoms with van der Waals surface area (Å²) in [6, 6.07) is 0. The predicted molar refractivity (Wildman–Crippen MR) is 33.1 cm³/mol. The summed E-state index contributed by atoms with van der Waals surface area (Å²) < 4.78 is 8.64. The van der Waals surface area contributed by atoms with Gasteiger partial charge >= 0.3 is 8.60 Å². The van der Waals surface area contributed by atoms with Crippen LogP contribution in [-0.2, 0) is 14.1 Å². The molecule has 0 amide bonds. The first-order chi connectivity index (χ1) is 4.31. The Kier molecular flexibility index (Phi) is 5.88. The van der Waals surface area contributed by atoms with E-state index in [1.807, 2.05) is 0 Å².